The molecule has 0 aliphatic heterocycles. The highest BCUT2D eigenvalue weighted by molar-refractivity contribution is 7.13. The quantitative estimate of drug-likeness (QED) is 0.770. The number of nitrogens with one attached hydrogen (secondary N) is 1. The summed E-state index contributed by atoms with van der Waals surface area (Å²) in [5.41, 5.74) is 1.36. The Labute approximate surface area is 127 Å². The monoisotopic (exact) mass is 306 g/mol. The van der Waals surface area contributed by atoms with Gasteiger partial charge in [-0.15, -0.1) is 11.3 Å². The highest BCUT2D eigenvalue weighted by Crippen LogP contribution is 2.25. The predicted octanol–water partition coefficient (Wildman–Crippen LogP) is 2.32. The topological polar surface area (TPSA) is 71.5 Å². The maximum atomic E-state index is 11.8. The number of carbonyl (C=O) groups excluding carboxylic acids is 1. The largest absolute Gasteiger partial charge is 0.494 e. The van der Waals surface area contributed by atoms with E-state index in [0.717, 1.165) is 16.3 Å². The maximum absolute atomic E-state index is 11.8. The van der Waals surface area contributed by atoms with Gasteiger partial charge in [0.15, 0.2) is 0 Å². The number of benzene rings is 1. The smallest absolute Gasteiger partial charge is 0.270 e. The Bertz CT molecular complexity index is 581. The van der Waals surface area contributed by atoms with Gasteiger partial charge in [-0.05, 0) is 37.6 Å². The molecule has 0 atom stereocenters. The minimum atomic E-state index is -0.211. The molecule has 2 rings (SSSR count). The van der Waals surface area contributed by atoms with Crippen LogP contribution in [0.5, 0.6) is 5.75 Å². The second-order valence-electron chi connectivity index (χ2n) is 4.33. The van der Waals surface area contributed by atoms with Gasteiger partial charge >= 0.3 is 0 Å². The van der Waals surface area contributed by atoms with E-state index in [0.29, 0.717) is 25.3 Å². The van der Waals surface area contributed by atoms with E-state index in [2.05, 4.69) is 10.3 Å². The summed E-state index contributed by atoms with van der Waals surface area (Å²) in [6.07, 6.45) is 0.543. The van der Waals surface area contributed by atoms with Gasteiger partial charge in [-0.25, -0.2) is 4.98 Å². The molecule has 1 amide bonds. The summed E-state index contributed by atoms with van der Waals surface area (Å²) in [5, 5.41) is 13.9. The summed E-state index contributed by atoms with van der Waals surface area (Å²) in [7, 11) is 0. The molecule has 0 fully saturated rings. The minimum Gasteiger partial charge on any atom is -0.494 e. The molecule has 6 heteroatoms. The van der Waals surface area contributed by atoms with E-state index in [1.165, 1.54) is 11.3 Å². The Morgan fingerprint density at radius 2 is 2.14 bits per heavy atom. The van der Waals surface area contributed by atoms with Crippen molar-refractivity contribution in [2.24, 2.45) is 0 Å². The van der Waals surface area contributed by atoms with E-state index in [4.69, 9.17) is 9.84 Å². The van der Waals surface area contributed by atoms with Crippen LogP contribution in [0, 0.1) is 0 Å². The summed E-state index contributed by atoms with van der Waals surface area (Å²) in [5.74, 6) is 0.608. The fourth-order valence-electron chi connectivity index (χ4n) is 1.74. The molecule has 1 heterocycles. The SMILES string of the molecule is CCOc1ccc(-c2nc(C(=O)NCCCO)cs2)cc1. The normalized spacial score (nSPS) is 10.4. The minimum absolute atomic E-state index is 0.0643. The Balaban J connectivity index is 2.03. The highest BCUT2D eigenvalue weighted by atomic mass is 32.1. The number of thiazole rings is 1. The molecule has 2 aromatic rings. The van der Waals surface area contributed by atoms with Crippen molar-refractivity contribution in [3.05, 3.63) is 35.3 Å². The number of hydrogen-bond acceptors (Lipinski definition) is 5. The van der Waals surface area contributed by atoms with Crippen LogP contribution < -0.4 is 10.1 Å². The first-order valence-corrected chi connectivity index (χ1v) is 7.70. The van der Waals surface area contributed by atoms with Gasteiger partial charge in [-0.1, -0.05) is 0 Å². The molecule has 112 valence electrons. The van der Waals surface area contributed by atoms with Gasteiger partial charge in [0.25, 0.3) is 5.91 Å². The van der Waals surface area contributed by atoms with Crippen LogP contribution in [0.15, 0.2) is 29.6 Å². The van der Waals surface area contributed by atoms with Gasteiger partial charge in [-0.3, -0.25) is 4.79 Å². The molecule has 21 heavy (non-hydrogen) atoms. The van der Waals surface area contributed by atoms with Crippen molar-refractivity contribution >= 4 is 17.2 Å². The van der Waals surface area contributed by atoms with Crippen LogP contribution in [-0.2, 0) is 0 Å². The Hall–Kier alpha value is -1.92. The van der Waals surface area contributed by atoms with Crippen LogP contribution in [-0.4, -0.2) is 35.8 Å². The molecule has 0 bridgehead atoms. The lowest BCUT2D eigenvalue weighted by atomic mass is 10.2. The molecular weight excluding hydrogens is 288 g/mol. The van der Waals surface area contributed by atoms with Gasteiger partial charge in [-0.2, -0.15) is 0 Å². The van der Waals surface area contributed by atoms with Crippen molar-refractivity contribution in [3.63, 3.8) is 0 Å². The Morgan fingerprint density at radius 3 is 2.81 bits per heavy atom. The highest BCUT2D eigenvalue weighted by Gasteiger charge is 2.11. The van der Waals surface area contributed by atoms with Crippen molar-refractivity contribution in [1.82, 2.24) is 10.3 Å². The van der Waals surface area contributed by atoms with Crippen molar-refractivity contribution in [1.29, 1.82) is 0 Å². The van der Waals surface area contributed by atoms with E-state index in [9.17, 15) is 4.79 Å². The summed E-state index contributed by atoms with van der Waals surface area (Å²) in [6.45, 7) is 3.09. The lowest BCUT2D eigenvalue weighted by Gasteiger charge is -2.03. The predicted molar refractivity (Wildman–Crippen MR) is 82.8 cm³/mol. The number of rotatable bonds is 7. The second kappa shape index (κ2) is 7.75. The van der Waals surface area contributed by atoms with E-state index in [1.807, 2.05) is 31.2 Å². The van der Waals surface area contributed by atoms with E-state index >= 15 is 0 Å². The molecule has 2 N–H and O–H groups in total. The number of nitrogens with zero attached hydrogens (tertiary/aromatic N) is 1. The number of aliphatic hydroxyl groups excluding tert-OH is 1. The van der Waals surface area contributed by atoms with Crippen LogP contribution in [0.4, 0.5) is 0 Å². The molecule has 0 spiro atoms. The van der Waals surface area contributed by atoms with Crippen LogP contribution in [0.1, 0.15) is 23.8 Å². The third-order valence-electron chi connectivity index (χ3n) is 2.77. The lowest BCUT2D eigenvalue weighted by Crippen LogP contribution is -2.25. The first kappa shape index (κ1) is 15.5. The number of ether oxygens (including phenoxy) is 1. The molecule has 0 radical (unpaired) electrons. The molecule has 1 aromatic heterocycles. The number of amides is 1. The lowest BCUT2D eigenvalue weighted by molar-refractivity contribution is 0.0947. The third-order valence-corrected chi connectivity index (χ3v) is 3.66. The molecule has 0 saturated heterocycles. The fraction of sp³-hybridized carbons (Fsp3) is 0.333. The number of aliphatic hydroxyl groups is 1. The van der Waals surface area contributed by atoms with Gasteiger partial charge in [0, 0.05) is 24.1 Å². The van der Waals surface area contributed by atoms with Crippen molar-refractivity contribution < 1.29 is 14.6 Å². The van der Waals surface area contributed by atoms with Crippen molar-refractivity contribution in [2.45, 2.75) is 13.3 Å². The molecular formula is C15H18N2O3S. The van der Waals surface area contributed by atoms with E-state index < -0.39 is 0 Å². The summed E-state index contributed by atoms with van der Waals surface area (Å²) >= 11 is 1.43. The molecule has 1 aromatic carbocycles. The zero-order valence-corrected chi connectivity index (χ0v) is 12.7. The van der Waals surface area contributed by atoms with Gasteiger partial charge in [0.2, 0.25) is 0 Å². The van der Waals surface area contributed by atoms with Gasteiger partial charge in [0.1, 0.15) is 16.5 Å². The Morgan fingerprint density at radius 1 is 1.38 bits per heavy atom. The van der Waals surface area contributed by atoms with Crippen molar-refractivity contribution in [3.8, 4) is 16.3 Å². The molecule has 0 aliphatic carbocycles. The molecule has 5 nitrogen and oxygen atoms in total. The Kier molecular flexibility index (Phi) is 5.71. The van der Waals surface area contributed by atoms with Crippen LogP contribution in [0.2, 0.25) is 0 Å². The zero-order valence-electron chi connectivity index (χ0n) is 11.8. The first-order chi connectivity index (χ1) is 10.2. The van der Waals surface area contributed by atoms with E-state index in [-0.39, 0.29) is 12.5 Å². The zero-order chi connectivity index (χ0) is 15.1. The number of hydrogen-bond donors (Lipinski definition) is 2. The average molecular weight is 306 g/mol. The van der Waals surface area contributed by atoms with Gasteiger partial charge in [0.05, 0.1) is 6.61 Å². The maximum Gasteiger partial charge on any atom is 0.270 e. The standard InChI is InChI=1S/C15H18N2O3S/c1-2-20-12-6-4-11(5-7-12)15-17-13(10-21-15)14(19)16-8-3-9-18/h4-7,10,18H,2-3,8-9H2,1H3,(H,16,19). The summed E-state index contributed by atoms with van der Waals surface area (Å²) in [6, 6.07) is 7.64. The van der Waals surface area contributed by atoms with Crippen LogP contribution in [0.3, 0.4) is 0 Å². The fourth-order valence-corrected chi connectivity index (χ4v) is 2.55. The van der Waals surface area contributed by atoms with Crippen LogP contribution >= 0.6 is 11.3 Å². The number of carbonyl (C=O) groups is 1. The first-order valence-electron chi connectivity index (χ1n) is 6.82. The average Bonchev–Trinajstić information content (AvgIpc) is 2.98. The van der Waals surface area contributed by atoms with Gasteiger partial charge < -0.3 is 15.2 Å². The van der Waals surface area contributed by atoms with Crippen molar-refractivity contribution in [2.75, 3.05) is 19.8 Å². The van der Waals surface area contributed by atoms with Crippen LogP contribution in [0.25, 0.3) is 10.6 Å². The molecule has 0 unspecified atom stereocenters. The number of aromatic nitrogens is 1. The molecule has 0 saturated carbocycles. The summed E-state index contributed by atoms with van der Waals surface area (Å²) in [4.78, 5) is 16.2. The van der Waals surface area contributed by atoms with E-state index in [1.54, 1.807) is 5.38 Å². The molecule has 0 aliphatic rings. The third kappa shape index (κ3) is 4.27. The second-order valence-corrected chi connectivity index (χ2v) is 5.19. The summed E-state index contributed by atoms with van der Waals surface area (Å²) < 4.78 is 5.39.